The van der Waals surface area contributed by atoms with Crippen LogP contribution >= 0.6 is 12.4 Å². The zero-order valence-corrected chi connectivity index (χ0v) is 13.7. The van der Waals surface area contributed by atoms with Crippen molar-refractivity contribution in [3.63, 3.8) is 0 Å². The number of aryl methyl sites for hydroxylation is 1. The van der Waals surface area contributed by atoms with Crippen molar-refractivity contribution in [2.45, 2.75) is 26.8 Å². The van der Waals surface area contributed by atoms with Crippen molar-refractivity contribution in [3.8, 4) is 0 Å². The van der Waals surface area contributed by atoms with Crippen LogP contribution in [-0.4, -0.2) is 31.4 Å². The molecule has 0 aliphatic carbocycles. The summed E-state index contributed by atoms with van der Waals surface area (Å²) in [7, 11) is 1.68. The summed E-state index contributed by atoms with van der Waals surface area (Å²) in [5.41, 5.74) is 7.64. The summed E-state index contributed by atoms with van der Waals surface area (Å²) in [5, 5.41) is 2.57. The third kappa shape index (κ3) is 5.73. The summed E-state index contributed by atoms with van der Waals surface area (Å²) < 4.78 is 0. The minimum Gasteiger partial charge on any atom is -0.346 e. The molecule has 0 aliphatic heterocycles. The Morgan fingerprint density at radius 1 is 1.24 bits per heavy atom. The number of likely N-dealkylation sites (N-methyl/N-ethyl adjacent to an activating group) is 1. The van der Waals surface area contributed by atoms with Gasteiger partial charge in [0.15, 0.2) is 0 Å². The first-order valence-electron chi connectivity index (χ1n) is 6.69. The molecule has 0 saturated heterocycles. The molecule has 2 amide bonds. The Labute approximate surface area is 132 Å². The summed E-state index contributed by atoms with van der Waals surface area (Å²) in [6.45, 7) is 5.66. The molecule has 0 unspecified atom stereocenters. The van der Waals surface area contributed by atoms with E-state index in [1.165, 1.54) is 4.90 Å². The zero-order chi connectivity index (χ0) is 15.3. The van der Waals surface area contributed by atoms with E-state index in [9.17, 15) is 9.59 Å². The molecule has 0 heterocycles. The summed E-state index contributed by atoms with van der Waals surface area (Å²) in [4.78, 5) is 25.2. The first kappa shape index (κ1) is 19.4. The van der Waals surface area contributed by atoms with E-state index < -0.39 is 6.04 Å². The molecule has 6 heteroatoms. The molecule has 3 N–H and O–H groups in total. The van der Waals surface area contributed by atoms with Crippen LogP contribution in [0.5, 0.6) is 0 Å². The number of carbonyl (C=O) groups is 2. The van der Waals surface area contributed by atoms with Gasteiger partial charge in [-0.05, 0) is 25.0 Å². The van der Waals surface area contributed by atoms with Crippen LogP contribution in [0.25, 0.3) is 0 Å². The van der Waals surface area contributed by atoms with Gasteiger partial charge in [-0.3, -0.25) is 9.59 Å². The number of rotatable bonds is 5. The Hall–Kier alpha value is -1.59. The Morgan fingerprint density at radius 2 is 1.76 bits per heavy atom. The fourth-order valence-electron chi connectivity index (χ4n) is 1.61. The number of nitrogens with two attached hydrogens (primary N) is 1. The largest absolute Gasteiger partial charge is 0.346 e. The van der Waals surface area contributed by atoms with Crippen molar-refractivity contribution < 1.29 is 9.59 Å². The molecule has 1 rings (SSSR count). The van der Waals surface area contributed by atoms with Crippen molar-refractivity contribution in [3.05, 3.63) is 29.8 Å². The molecule has 0 aromatic heterocycles. The molecule has 1 atom stereocenters. The standard InChI is InChI=1S/C15H23N3O2.ClH/c1-10(2)14(16)15(20)17-9-13(19)18(4)12-7-5-11(3)6-8-12;/h5-8,10,14H,9,16H2,1-4H3,(H,17,20);1H/t14-;/m0./s1. The van der Waals surface area contributed by atoms with Crippen LogP contribution in [0.15, 0.2) is 24.3 Å². The van der Waals surface area contributed by atoms with E-state index in [0.717, 1.165) is 11.3 Å². The highest BCUT2D eigenvalue weighted by molar-refractivity contribution is 5.96. The molecule has 0 saturated carbocycles. The van der Waals surface area contributed by atoms with Crippen LogP contribution in [0.1, 0.15) is 19.4 Å². The number of benzene rings is 1. The van der Waals surface area contributed by atoms with Gasteiger partial charge in [0.05, 0.1) is 12.6 Å². The van der Waals surface area contributed by atoms with Crippen molar-refractivity contribution in [1.82, 2.24) is 5.32 Å². The second kappa shape index (κ2) is 8.64. The molecule has 0 aliphatic rings. The number of amides is 2. The number of nitrogens with one attached hydrogen (secondary N) is 1. The number of hydrogen-bond acceptors (Lipinski definition) is 3. The highest BCUT2D eigenvalue weighted by Gasteiger charge is 2.18. The Bertz CT molecular complexity index is 474. The van der Waals surface area contributed by atoms with E-state index in [2.05, 4.69) is 5.32 Å². The average Bonchev–Trinajstić information content (AvgIpc) is 2.43. The predicted molar refractivity (Wildman–Crippen MR) is 87.7 cm³/mol. The van der Waals surface area contributed by atoms with Gasteiger partial charge in [0.1, 0.15) is 0 Å². The van der Waals surface area contributed by atoms with Gasteiger partial charge in [0, 0.05) is 12.7 Å². The monoisotopic (exact) mass is 313 g/mol. The summed E-state index contributed by atoms with van der Waals surface area (Å²) in [6, 6.07) is 7.02. The highest BCUT2D eigenvalue weighted by atomic mass is 35.5. The number of hydrogen-bond donors (Lipinski definition) is 2. The normalized spacial score (nSPS) is 11.5. The average molecular weight is 314 g/mol. The van der Waals surface area contributed by atoms with Gasteiger partial charge in [-0.1, -0.05) is 31.5 Å². The lowest BCUT2D eigenvalue weighted by molar-refractivity contribution is -0.126. The van der Waals surface area contributed by atoms with Gasteiger partial charge in [-0.15, -0.1) is 12.4 Å². The van der Waals surface area contributed by atoms with Gasteiger partial charge in [-0.25, -0.2) is 0 Å². The van der Waals surface area contributed by atoms with E-state index >= 15 is 0 Å². The molecule has 1 aromatic rings. The molecular weight excluding hydrogens is 290 g/mol. The van der Waals surface area contributed by atoms with Gasteiger partial charge in [0.2, 0.25) is 11.8 Å². The molecule has 5 nitrogen and oxygen atoms in total. The predicted octanol–water partition coefficient (Wildman–Crippen LogP) is 1.48. The van der Waals surface area contributed by atoms with Crippen molar-refractivity contribution in [2.75, 3.05) is 18.5 Å². The van der Waals surface area contributed by atoms with E-state index in [0.29, 0.717) is 0 Å². The molecule has 0 spiro atoms. The number of nitrogens with zero attached hydrogens (tertiary/aromatic N) is 1. The molecule has 0 fully saturated rings. The molecule has 21 heavy (non-hydrogen) atoms. The lowest BCUT2D eigenvalue weighted by Crippen LogP contribution is -2.47. The molecular formula is C15H24ClN3O2. The van der Waals surface area contributed by atoms with Crippen molar-refractivity contribution in [1.29, 1.82) is 0 Å². The van der Waals surface area contributed by atoms with E-state index in [1.807, 2.05) is 45.0 Å². The first-order chi connectivity index (χ1) is 9.32. The zero-order valence-electron chi connectivity index (χ0n) is 12.9. The Kier molecular flexibility index (Phi) is 7.99. The Morgan fingerprint density at radius 3 is 2.24 bits per heavy atom. The maximum absolute atomic E-state index is 12.0. The van der Waals surface area contributed by atoms with E-state index in [1.54, 1.807) is 7.05 Å². The summed E-state index contributed by atoms with van der Waals surface area (Å²) >= 11 is 0. The number of halogens is 1. The lowest BCUT2D eigenvalue weighted by atomic mass is 10.1. The van der Waals surface area contributed by atoms with Crippen LogP contribution in [-0.2, 0) is 9.59 Å². The second-order valence-corrected chi connectivity index (χ2v) is 5.28. The summed E-state index contributed by atoms with van der Waals surface area (Å²) in [6.07, 6.45) is 0. The smallest absolute Gasteiger partial charge is 0.246 e. The Balaban J connectivity index is 0.00000400. The summed E-state index contributed by atoms with van der Waals surface area (Å²) in [5.74, 6) is -0.441. The maximum atomic E-state index is 12.0. The van der Waals surface area contributed by atoms with Gasteiger partial charge >= 0.3 is 0 Å². The fraction of sp³-hybridized carbons (Fsp3) is 0.467. The van der Waals surface area contributed by atoms with E-state index in [-0.39, 0.29) is 36.7 Å². The van der Waals surface area contributed by atoms with Gasteiger partial charge in [0.25, 0.3) is 0 Å². The molecule has 0 bridgehead atoms. The molecule has 118 valence electrons. The van der Waals surface area contributed by atoms with Gasteiger partial charge in [-0.2, -0.15) is 0 Å². The van der Waals surface area contributed by atoms with Crippen LogP contribution in [0.3, 0.4) is 0 Å². The minimum absolute atomic E-state index is 0. The van der Waals surface area contributed by atoms with Crippen LogP contribution in [0.4, 0.5) is 5.69 Å². The van der Waals surface area contributed by atoms with Crippen LogP contribution < -0.4 is 16.0 Å². The van der Waals surface area contributed by atoms with Crippen molar-refractivity contribution >= 4 is 29.9 Å². The van der Waals surface area contributed by atoms with Crippen molar-refractivity contribution in [2.24, 2.45) is 11.7 Å². The van der Waals surface area contributed by atoms with E-state index in [4.69, 9.17) is 5.73 Å². The first-order valence-corrected chi connectivity index (χ1v) is 6.69. The third-order valence-corrected chi connectivity index (χ3v) is 3.23. The fourth-order valence-corrected chi connectivity index (χ4v) is 1.61. The topological polar surface area (TPSA) is 75.4 Å². The van der Waals surface area contributed by atoms with Gasteiger partial charge < -0.3 is 16.0 Å². The SMILES string of the molecule is Cc1ccc(N(C)C(=O)CNC(=O)[C@@H](N)C(C)C)cc1.Cl. The molecule has 0 radical (unpaired) electrons. The highest BCUT2D eigenvalue weighted by Crippen LogP contribution is 2.13. The van der Waals surface area contributed by atoms with Crippen LogP contribution in [0.2, 0.25) is 0 Å². The molecule has 1 aromatic carbocycles. The maximum Gasteiger partial charge on any atom is 0.246 e. The third-order valence-electron chi connectivity index (χ3n) is 3.23. The van der Waals surface area contributed by atoms with Crippen LogP contribution in [0, 0.1) is 12.8 Å². The second-order valence-electron chi connectivity index (χ2n) is 5.28. The minimum atomic E-state index is -0.590. The quantitative estimate of drug-likeness (QED) is 0.864. The number of carbonyl (C=O) groups excluding carboxylic acids is 2. The number of anilines is 1. The lowest BCUT2D eigenvalue weighted by Gasteiger charge is -2.19.